The number of aliphatic hydroxyl groups excluding tert-OH is 1. The molecule has 0 saturated heterocycles. The predicted molar refractivity (Wildman–Crippen MR) is 71.2 cm³/mol. The third-order valence-corrected chi connectivity index (χ3v) is 4.11. The van der Waals surface area contributed by atoms with E-state index < -0.39 is 0 Å². The molecule has 0 radical (unpaired) electrons. The summed E-state index contributed by atoms with van der Waals surface area (Å²) in [7, 11) is 0. The third kappa shape index (κ3) is 2.87. The van der Waals surface area contributed by atoms with Crippen LogP contribution in [0, 0.1) is 12.3 Å². The fraction of sp³-hybridized carbons (Fsp3) is 0.714. The molecule has 1 saturated carbocycles. The van der Waals surface area contributed by atoms with Gasteiger partial charge in [-0.25, -0.2) is 0 Å². The predicted octanol–water partition coefficient (Wildman–Crippen LogP) is 1.99. The third-order valence-electron chi connectivity index (χ3n) is 4.11. The van der Waals surface area contributed by atoms with Gasteiger partial charge in [0.25, 0.3) is 0 Å². The van der Waals surface area contributed by atoms with Crippen molar-refractivity contribution < 1.29 is 5.11 Å². The van der Waals surface area contributed by atoms with Crippen LogP contribution in [0.1, 0.15) is 50.0 Å². The molecule has 18 heavy (non-hydrogen) atoms. The first-order valence-corrected chi connectivity index (χ1v) is 6.79. The normalized spacial score (nSPS) is 19.9. The van der Waals surface area contributed by atoms with Gasteiger partial charge in [0.15, 0.2) is 0 Å². The molecule has 4 heteroatoms. The highest BCUT2D eigenvalue weighted by atomic mass is 16.3. The lowest BCUT2D eigenvalue weighted by molar-refractivity contribution is 0.125. The highest BCUT2D eigenvalue weighted by Gasteiger charge is 2.33. The Morgan fingerprint density at radius 2 is 2.00 bits per heavy atom. The highest BCUT2D eigenvalue weighted by Crippen LogP contribution is 2.37. The van der Waals surface area contributed by atoms with E-state index in [9.17, 15) is 5.11 Å². The molecule has 0 aromatic carbocycles. The topological polar surface area (TPSA) is 58.0 Å². The van der Waals surface area contributed by atoms with Gasteiger partial charge >= 0.3 is 0 Å². The van der Waals surface area contributed by atoms with Crippen LogP contribution in [0.25, 0.3) is 0 Å². The minimum atomic E-state index is 0.0877. The molecule has 100 valence electrons. The molecule has 1 aromatic rings. The van der Waals surface area contributed by atoms with Gasteiger partial charge in [-0.05, 0) is 26.7 Å². The zero-order valence-electron chi connectivity index (χ0n) is 11.3. The number of aromatic nitrogens is 2. The van der Waals surface area contributed by atoms with Crippen molar-refractivity contribution in [3.8, 4) is 0 Å². The van der Waals surface area contributed by atoms with Gasteiger partial charge < -0.3 is 10.4 Å². The van der Waals surface area contributed by atoms with E-state index in [2.05, 4.69) is 22.2 Å². The molecular formula is C14H23N3O. The molecule has 1 aliphatic carbocycles. The highest BCUT2D eigenvalue weighted by molar-refractivity contribution is 5.12. The van der Waals surface area contributed by atoms with E-state index in [4.69, 9.17) is 0 Å². The lowest BCUT2D eigenvalue weighted by Crippen LogP contribution is -2.36. The van der Waals surface area contributed by atoms with Gasteiger partial charge in [0.1, 0.15) is 0 Å². The van der Waals surface area contributed by atoms with E-state index in [0.29, 0.717) is 0 Å². The van der Waals surface area contributed by atoms with E-state index in [-0.39, 0.29) is 18.1 Å². The van der Waals surface area contributed by atoms with Crippen molar-refractivity contribution >= 4 is 0 Å². The van der Waals surface area contributed by atoms with Crippen molar-refractivity contribution in [2.24, 2.45) is 5.41 Å². The summed E-state index contributed by atoms with van der Waals surface area (Å²) in [4.78, 5) is 8.65. The first-order valence-electron chi connectivity index (χ1n) is 6.79. The Kier molecular flexibility index (Phi) is 4.30. The minimum Gasteiger partial charge on any atom is -0.396 e. The summed E-state index contributed by atoms with van der Waals surface area (Å²) in [5.74, 6) is 0. The molecule has 0 bridgehead atoms. The molecule has 2 N–H and O–H groups in total. The molecule has 2 rings (SSSR count). The smallest absolute Gasteiger partial charge is 0.0782 e. The van der Waals surface area contributed by atoms with E-state index in [1.165, 1.54) is 12.8 Å². The second kappa shape index (κ2) is 5.76. The molecule has 1 fully saturated rings. The number of hydrogen-bond acceptors (Lipinski definition) is 4. The zero-order chi connectivity index (χ0) is 13.0. The van der Waals surface area contributed by atoms with Gasteiger partial charge in [-0.2, -0.15) is 0 Å². The summed E-state index contributed by atoms with van der Waals surface area (Å²) in [6.45, 7) is 5.24. The van der Waals surface area contributed by atoms with E-state index >= 15 is 0 Å². The largest absolute Gasteiger partial charge is 0.396 e. The quantitative estimate of drug-likeness (QED) is 0.838. The standard InChI is InChI=1S/C14H23N3O/c1-11-13(16-8-7-15-11)12(2)17-9-14(10-18)5-3-4-6-14/h7-8,12,17-18H,3-6,9-10H2,1-2H3. The summed E-state index contributed by atoms with van der Waals surface area (Å²) in [5, 5.41) is 13.1. The van der Waals surface area contributed by atoms with Gasteiger partial charge in [-0.1, -0.05) is 12.8 Å². The van der Waals surface area contributed by atoms with Crippen LogP contribution < -0.4 is 5.32 Å². The Morgan fingerprint density at radius 1 is 1.33 bits per heavy atom. The van der Waals surface area contributed by atoms with Gasteiger partial charge in [0.2, 0.25) is 0 Å². The average molecular weight is 249 g/mol. The molecule has 1 unspecified atom stereocenters. The van der Waals surface area contributed by atoms with Crippen LogP contribution in [-0.2, 0) is 0 Å². The van der Waals surface area contributed by atoms with Crippen LogP contribution in [0.3, 0.4) is 0 Å². The first kappa shape index (κ1) is 13.4. The Labute approximate surface area is 109 Å². The number of nitrogens with one attached hydrogen (secondary N) is 1. The maximum atomic E-state index is 9.59. The molecule has 1 atom stereocenters. The van der Waals surface area contributed by atoms with Crippen LogP contribution >= 0.6 is 0 Å². The zero-order valence-corrected chi connectivity index (χ0v) is 11.3. The summed E-state index contributed by atoms with van der Waals surface area (Å²) in [6.07, 6.45) is 8.18. The van der Waals surface area contributed by atoms with Crippen molar-refractivity contribution in [1.82, 2.24) is 15.3 Å². The molecular weight excluding hydrogens is 226 g/mol. The molecule has 0 amide bonds. The van der Waals surface area contributed by atoms with Gasteiger partial charge in [-0.15, -0.1) is 0 Å². The Morgan fingerprint density at radius 3 is 2.61 bits per heavy atom. The summed E-state index contributed by atoms with van der Waals surface area (Å²) < 4.78 is 0. The summed E-state index contributed by atoms with van der Waals surface area (Å²) >= 11 is 0. The van der Waals surface area contributed by atoms with Gasteiger partial charge in [0.05, 0.1) is 11.4 Å². The maximum absolute atomic E-state index is 9.59. The second-order valence-corrected chi connectivity index (χ2v) is 5.49. The van der Waals surface area contributed by atoms with Crippen LogP contribution in [0.5, 0.6) is 0 Å². The molecule has 0 spiro atoms. The fourth-order valence-corrected chi connectivity index (χ4v) is 2.83. The Balaban J connectivity index is 1.96. The van der Waals surface area contributed by atoms with Crippen molar-refractivity contribution in [1.29, 1.82) is 0 Å². The lowest BCUT2D eigenvalue weighted by Gasteiger charge is -2.28. The Hall–Kier alpha value is -1.00. The Bertz CT molecular complexity index is 388. The minimum absolute atomic E-state index is 0.0877. The van der Waals surface area contributed by atoms with Crippen molar-refractivity contribution in [2.45, 2.75) is 45.6 Å². The monoisotopic (exact) mass is 249 g/mol. The van der Waals surface area contributed by atoms with Crippen molar-refractivity contribution in [3.63, 3.8) is 0 Å². The van der Waals surface area contributed by atoms with Crippen LogP contribution in [0.4, 0.5) is 0 Å². The number of aliphatic hydroxyl groups is 1. The van der Waals surface area contributed by atoms with Gasteiger partial charge in [-0.3, -0.25) is 9.97 Å². The number of rotatable bonds is 5. The van der Waals surface area contributed by atoms with Crippen LogP contribution in [0.15, 0.2) is 12.4 Å². The van der Waals surface area contributed by atoms with Gasteiger partial charge in [0, 0.05) is 37.0 Å². The molecule has 1 aliphatic rings. The molecule has 4 nitrogen and oxygen atoms in total. The van der Waals surface area contributed by atoms with Crippen molar-refractivity contribution in [2.75, 3.05) is 13.2 Å². The van der Waals surface area contributed by atoms with Crippen molar-refractivity contribution in [3.05, 3.63) is 23.8 Å². The first-order chi connectivity index (χ1) is 8.67. The molecule has 1 aromatic heterocycles. The number of nitrogens with zero attached hydrogens (tertiary/aromatic N) is 2. The SMILES string of the molecule is Cc1nccnc1C(C)NCC1(CO)CCCC1. The lowest BCUT2D eigenvalue weighted by atomic mass is 9.87. The fourth-order valence-electron chi connectivity index (χ4n) is 2.83. The molecule has 0 aliphatic heterocycles. The number of hydrogen-bond donors (Lipinski definition) is 2. The van der Waals surface area contributed by atoms with E-state index in [1.54, 1.807) is 12.4 Å². The summed E-state index contributed by atoms with van der Waals surface area (Å²) in [6, 6.07) is 0.183. The van der Waals surface area contributed by atoms with E-state index in [1.807, 2.05) is 6.92 Å². The number of aryl methyl sites for hydroxylation is 1. The molecule has 1 heterocycles. The average Bonchev–Trinajstić information content (AvgIpc) is 2.86. The van der Waals surface area contributed by atoms with Crippen LogP contribution in [0.2, 0.25) is 0 Å². The van der Waals surface area contributed by atoms with E-state index in [0.717, 1.165) is 30.8 Å². The van der Waals surface area contributed by atoms with Crippen LogP contribution in [-0.4, -0.2) is 28.2 Å². The maximum Gasteiger partial charge on any atom is 0.0782 e. The second-order valence-electron chi connectivity index (χ2n) is 5.49. The summed E-state index contributed by atoms with van der Waals surface area (Å²) in [5.41, 5.74) is 2.07.